The molecule has 0 fully saturated rings. The van der Waals surface area contributed by atoms with Crippen LogP contribution in [-0.2, 0) is 22.5 Å². The number of nitrogens with zero attached hydrogens (tertiary/aromatic N) is 2. The van der Waals surface area contributed by atoms with Crippen molar-refractivity contribution in [2.45, 2.75) is 9.79 Å². The van der Waals surface area contributed by atoms with Crippen LogP contribution in [0.3, 0.4) is 0 Å². The van der Waals surface area contributed by atoms with Gasteiger partial charge in [0.05, 0.1) is 23.0 Å². The third-order valence-electron chi connectivity index (χ3n) is 5.00. The second-order valence-corrected chi connectivity index (χ2v) is 9.01. The van der Waals surface area contributed by atoms with Gasteiger partial charge in [-0.25, -0.2) is 0 Å². The van der Waals surface area contributed by atoms with Gasteiger partial charge in [-0.1, -0.05) is 48.5 Å². The van der Waals surface area contributed by atoms with Crippen LogP contribution >= 0.6 is 23.5 Å². The van der Waals surface area contributed by atoms with E-state index in [1.165, 1.54) is 0 Å². The Morgan fingerprint density at radius 2 is 0.949 bits per heavy atom. The summed E-state index contributed by atoms with van der Waals surface area (Å²) in [6.07, 6.45) is 7.48. The molecule has 0 unspecified atom stereocenters. The summed E-state index contributed by atoms with van der Waals surface area (Å²) in [5.74, 6) is -2.25. The van der Waals surface area contributed by atoms with Gasteiger partial charge < -0.3 is 30.8 Å². The molecule has 0 spiro atoms. The first-order valence-electron chi connectivity index (χ1n) is 10.7. The summed E-state index contributed by atoms with van der Waals surface area (Å²) in [4.78, 5) is 31.4. The van der Waals surface area contributed by atoms with Crippen LogP contribution in [0, 0.1) is 0 Å². The molecule has 11 heteroatoms. The van der Waals surface area contributed by atoms with E-state index < -0.39 is 11.9 Å². The maximum absolute atomic E-state index is 10.3. The monoisotopic (exact) mass is 614 g/mol. The number of hydrogen-bond donors (Lipinski definition) is 0. The molecule has 0 saturated heterocycles. The number of aromatic nitrogens is 2. The summed E-state index contributed by atoms with van der Waals surface area (Å²) in [6, 6.07) is 25.3. The van der Waals surface area contributed by atoms with Gasteiger partial charge in [-0.05, 0) is 60.0 Å². The molecule has 5 aromatic rings. The average Bonchev–Trinajstić information content (AvgIpc) is 2.93. The Balaban J connectivity index is 0.000000542. The average molecular weight is 615 g/mol. The minimum absolute atomic E-state index is 0. The van der Waals surface area contributed by atoms with Gasteiger partial charge in [0.2, 0.25) is 0 Å². The Hall–Kier alpha value is -3.44. The maximum atomic E-state index is 10.3. The third kappa shape index (κ3) is 10.3. The van der Waals surface area contributed by atoms with Crippen molar-refractivity contribution in [3.8, 4) is 0 Å². The van der Waals surface area contributed by atoms with Gasteiger partial charge in [-0.2, -0.15) is 0 Å². The molecule has 0 aliphatic rings. The summed E-state index contributed by atoms with van der Waals surface area (Å²) in [7, 11) is 0. The van der Waals surface area contributed by atoms with E-state index in [-0.39, 0.29) is 39.1 Å². The first-order valence-corrected chi connectivity index (χ1v) is 13.2. The number of rotatable bonds is 4. The van der Waals surface area contributed by atoms with E-state index in [1.54, 1.807) is 84.4 Å². The van der Waals surface area contributed by atoms with Crippen LogP contribution in [0.4, 0.5) is 0 Å². The zero-order valence-electron chi connectivity index (χ0n) is 21.0. The number of carbonyl (C=O) groups is 2. The molecule has 0 amide bonds. The normalized spacial score (nSPS) is 9.28. The van der Waals surface area contributed by atoms with Crippen molar-refractivity contribution in [1.82, 2.24) is 9.97 Å². The quantitative estimate of drug-likeness (QED) is 0.129. The first kappa shape index (κ1) is 35.6. The fraction of sp³-hybridized carbons (Fsp3) is 0.0714. The molecule has 0 atom stereocenters. The van der Waals surface area contributed by atoms with Gasteiger partial charge in [0, 0.05) is 33.0 Å². The summed E-state index contributed by atoms with van der Waals surface area (Å²) < 4.78 is 0. The molecule has 5 N–H and O–H groups in total. The number of thioether (sulfide) groups is 2. The van der Waals surface area contributed by atoms with Crippen LogP contribution in [0.5, 0.6) is 0 Å². The molecule has 0 aliphatic carbocycles. The summed E-state index contributed by atoms with van der Waals surface area (Å²) in [6.45, 7) is 0. The number of aromatic carboxylic acids is 2. The number of pyridine rings is 2. The van der Waals surface area contributed by atoms with E-state index in [0.29, 0.717) is 0 Å². The standard InChI is InChI=1S/C12H8N2.2C8H8O2S.Cu.2H2O/c1-3-9-5-6-10-4-2-8-14-12(10)11(9)13-7-1;2*1-11-7-4-2-6(3-5-7)8(9)10;;;/h1-8H;2*2-5H,1H3,(H,9,10);;2*1H2/q;;;+2;;/p-1. The predicted molar refractivity (Wildman–Crippen MR) is 151 cm³/mol. The fourth-order valence-corrected chi connectivity index (χ4v) is 3.95. The topological polar surface area (TPSA) is 171 Å². The van der Waals surface area contributed by atoms with Gasteiger partial charge in [0.1, 0.15) is 0 Å². The van der Waals surface area contributed by atoms with E-state index in [0.717, 1.165) is 31.6 Å². The molecule has 207 valence electrons. The van der Waals surface area contributed by atoms with E-state index in [2.05, 4.69) is 34.2 Å². The number of benzene rings is 3. The van der Waals surface area contributed by atoms with Crippen molar-refractivity contribution in [3.05, 3.63) is 108 Å². The molecule has 2 aromatic heterocycles. The Morgan fingerprint density at radius 3 is 1.23 bits per heavy atom. The van der Waals surface area contributed by atoms with Gasteiger partial charge >= 0.3 is 17.1 Å². The maximum Gasteiger partial charge on any atom is 2.00 e. The fourth-order valence-electron chi connectivity index (χ4n) is 3.13. The molecule has 8 nitrogen and oxygen atoms in total. The van der Waals surface area contributed by atoms with Gasteiger partial charge in [0.25, 0.3) is 0 Å². The molecule has 39 heavy (non-hydrogen) atoms. The number of carboxylic acid groups (broad SMARTS) is 2. The zero-order chi connectivity index (χ0) is 25.9. The minimum Gasteiger partial charge on any atom is -0.545 e. The Bertz CT molecular complexity index is 1360. The smallest absolute Gasteiger partial charge is 0.545 e. The Kier molecular flexibility index (Phi) is 16.4. The van der Waals surface area contributed by atoms with Gasteiger partial charge in [-0.3, -0.25) is 9.97 Å². The minimum atomic E-state index is -1.13. The van der Waals surface area contributed by atoms with Crippen molar-refractivity contribution >= 4 is 57.3 Å². The first-order chi connectivity index (χ1) is 17.4. The Morgan fingerprint density at radius 1 is 0.615 bits per heavy atom. The van der Waals surface area contributed by atoms with Crippen molar-refractivity contribution in [2.75, 3.05) is 12.5 Å². The van der Waals surface area contributed by atoms with E-state index >= 15 is 0 Å². The third-order valence-corrected chi connectivity index (χ3v) is 6.48. The molecular weight excluding hydrogens is 588 g/mol. The van der Waals surface area contributed by atoms with Crippen LogP contribution in [0.2, 0.25) is 0 Å². The molecule has 1 radical (unpaired) electrons. The van der Waals surface area contributed by atoms with Crippen molar-refractivity contribution in [2.24, 2.45) is 0 Å². The number of carbonyl (C=O) groups excluding carboxylic acids is 2. The number of hydrogen-bond acceptors (Lipinski definition) is 8. The molecule has 5 rings (SSSR count). The van der Waals surface area contributed by atoms with E-state index in [1.807, 2.05) is 24.6 Å². The summed E-state index contributed by atoms with van der Waals surface area (Å²) >= 11 is 3.15. The van der Waals surface area contributed by atoms with E-state index in [9.17, 15) is 19.8 Å². The molecular formula is C28H27CuN2O6S2+. The Labute approximate surface area is 245 Å². The SMILES string of the molecule is CSc1ccc(C(=O)[O-])cc1.CSc1ccc(C(=O)[O-])cc1.O.[Cu+2].[OH3+].c1cnc2c(c1)ccc1cccnc12. The van der Waals surface area contributed by atoms with Crippen LogP contribution < -0.4 is 10.2 Å². The van der Waals surface area contributed by atoms with Crippen molar-refractivity contribution < 1.29 is 47.8 Å². The van der Waals surface area contributed by atoms with Gasteiger partial charge in [-0.15, -0.1) is 23.5 Å². The van der Waals surface area contributed by atoms with Crippen LogP contribution in [0.15, 0.2) is 107 Å². The second kappa shape index (κ2) is 18.0. The number of carboxylic acids is 2. The zero-order valence-corrected chi connectivity index (χ0v) is 23.5. The molecule has 2 heterocycles. The molecule has 0 aliphatic heterocycles. The summed E-state index contributed by atoms with van der Waals surface area (Å²) in [5.41, 5.74) is 2.40. The van der Waals surface area contributed by atoms with Crippen LogP contribution in [-0.4, -0.2) is 39.9 Å². The van der Waals surface area contributed by atoms with Crippen LogP contribution in [0.1, 0.15) is 20.7 Å². The molecule has 3 aromatic carbocycles. The van der Waals surface area contributed by atoms with E-state index in [4.69, 9.17) is 0 Å². The molecule has 0 bridgehead atoms. The predicted octanol–water partition coefficient (Wildman–Crippen LogP) is 2.58. The second-order valence-electron chi connectivity index (χ2n) is 7.25. The van der Waals surface area contributed by atoms with Crippen molar-refractivity contribution in [1.29, 1.82) is 0 Å². The number of fused-ring (bicyclic) bond motifs is 3. The van der Waals surface area contributed by atoms with Crippen molar-refractivity contribution in [3.63, 3.8) is 0 Å². The molecule has 0 saturated carbocycles. The van der Waals surface area contributed by atoms with Gasteiger partial charge in [0.15, 0.2) is 0 Å². The van der Waals surface area contributed by atoms with Crippen LogP contribution in [0.25, 0.3) is 21.8 Å². The summed E-state index contributed by atoms with van der Waals surface area (Å²) in [5, 5.41) is 22.8. The largest absolute Gasteiger partial charge is 2.00 e.